The van der Waals surface area contributed by atoms with Crippen molar-refractivity contribution in [3.63, 3.8) is 0 Å². The molecule has 55 heavy (non-hydrogen) atoms. The number of pyridine rings is 1. The van der Waals surface area contributed by atoms with Crippen LogP contribution in [-0.2, 0) is 0 Å². The summed E-state index contributed by atoms with van der Waals surface area (Å²) >= 11 is 0. The number of hydrogen-bond donors (Lipinski definition) is 0. The highest BCUT2D eigenvalue weighted by atomic mass is 15.2. The molecule has 0 aliphatic rings. The van der Waals surface area contributed by atoms with E-state index < -0.39 is 0 Å². The van der Waals surface area contributed by atoms with Gasteiger partial charge in [0.25, 0.3) is 0 Å². The number of nitrogens with zero attached hydrogens (tertiary/aromatic N) is 5. The molecule has 0 amide bonds. The number of aromatic nitrogens is 5. The largest absolute Gasteiger partial charge is 0.278 e. The van der Waals surface area contributed by atoms with Crippen LogP contribution in [0.4, 0.5) is 0 Å². The van der Waals surface area contributed by atoms with Gasteiger partial charge in [0.2, 0.25) is 5.95 Å². The van der Waals surface area contributed by atoms with Gasteiger partial charge in [0.05, 0.1) is 22.4 Å². The second kappa shape index (κ2) is 13.8. The lowest BCUT2D eigenvalue weighted by atomic mass is 9.98. The second-order valence-corrected chi connectivity index (χ2v) is 13.5. The number of benzene rings is 7. The Morgan fingerprint density at radius 1 is 0.273 bits per heavy atom. The summed E-state index contributed by atoms with van der Waals surface area (Å²) in [7, 11) is 0. The predicted octanol–water partition coefficient (Wildman–Crippen LogP) is 12.4. The molecule has 5 nitrogen and oxygen atoms in total. The minimum absolute atomic E-state index is 0.559. The maximum Gasteiger partial charge on any atom is 0.238 e. The molecule has 0 aliphatic carbocycles. The molecule has 10 rings (SSSR count). The van der Waals surface area contributed by atoms with Gasteiger partial charge in [-0.25, -0.2) is 9.97 Å². The average molecular weight is 704 g/mol. The Labute approximate surface area is 318 Å². The van der Waals surface area contributed by atoms with E-state index in [1.807, 2.05) is 66.7 Å². The van der Waals surface area contributed by atoms with Gasteiger partial charge >= 0.3 is 0 Å². The van der Waals surface area contributed by atoms with Gasteiger partial charge < -0.3 is 0 Å². The summed E-state index contributed by atoms with van der Waals surface area (Å²) in [6, 6.07) is 69.3. The third-order valence-corrected chi connectivity index (χ3v) is 10.1. The molecule has 0 bridgehead atoms. The molecule has 5 heteroatoms. The highest BCUT2D eigenvalue weighted by molar-refractivity contribution is 6.11. The third-order valence-electron chi connectivity index (χ3n) is 10.1. The smallest absolute Gasteiger partial charge is 0.238 e. The van der Waals surface area contributed by atoms with Crippen molar-refractivity contribution in [2.24, 2.45) is 0 Å². The zero-order chi connectivity index (χ0) is 36.6. The van der Waals surface area contributed by atoms with Crippen molar-refractivity contribution < 1.29 is 0 Å². The standard InChI is InChI=1S/C50H33N5/c1-6-16-34(17-7-1)39-26-28-46-42(30-39)43-31-40(45-33-41(35-18-8-2-9-19-35)32-44(51-45)36-20-10-3-11-21-36)27-29-47(43)55(46)50-53-48(37-22-12-4-13-23-37)52-49(54-50)38-24-14-5-15-25-38/h1-33H. The summed E-state index contributed by atoms with van der Waals surface area (Å²) in [5.41, 5.74) is 12.3. The predicted molar refractivity (Wildman–Crippen MR) is 225 cm³/mol. The molecule has 0 spiro atoms. The zero-order valence-corrected chi connectivity index (χ0v) is 29.8. The van der Waals surface area contributed by atoms with Crippen LogP contribution in [0.1, 0.15) is 0 Å². The van der Waals surface area contributed by atoms with Crippen LogP contribution < -0.4 is 0 Å². The van der Waals surface area contributed by atoms with E-state index in [0.29, 0.717) is 17.6 Å². The van der Waals surface area contributed by atoms with E-state index >= 15 is 0 Å². The molecule has 0 saturated carbocycles. The lowest BCUT2D eigenvalue weighted by Gasteiger charge is -2.12. The average Bonchev–Trinajstić information content (AvgIpc) is 3.60. The van der Waals surface area contributed by atoms with Crippen LogP contribution in [0.25, 0.3) is 95.3 Å². The fourth-order valence-corrected chi connectivity index (χ4v) is 7.34. The van der Waals surface area contributed by atoms with Gasteiger partial charge in [-0.15, -0.1) is 0 Å². The van der Waals surface area contributed by atoms with Gasteiger partial charge in [-0.05, 0) is 58.7 Å². The zero-order valence-electron chi connectivity index (χ0n) is 29.8. The molecule has 0 atom stereocenters. The van der Waals surface area contributed by atoms with E-state index in [2.05, 4.69) is 138 Å². The van der Waals surface area contributed by atoms with Crippen molar-refractivity contribution in [1.82, 2.24) is 24.5 Å². The Morgan fingerprint density at radius 3 is 1.18 bits per heavy atom. The molecule has 258 valence electrons. The van der Waals surface area contributed by atoms with E-state index in [-0.39, 0.29) is 0 Å². The summed E-state index contributed by atoms with van der Waals surface area (Å²) in [5.74, 6) is 1.79. The molecule has 3 heterocycles. The van der Waals surface area contributed by atoms with Gasteiger partial charge in [-0.2, -0.15) is 9.97 Å². The van der Waals surface area contributed by atoms with E-state index in [9.17, 15) is 0 Å². The molecule has 0 unspecified atom stereocenters. The minimum Gasteiger partial charge on any atom is -0.278 e. The second-order valence-electron chi connectivity index (χ2n) is 13.5. The van der Waals surface area contributed by atoms with Crippen LogP contribution in [-0.4, -0.2) is 24.5 Å². The maximum absolute atomic E-state index is 5.27. The van der Waals surface area contributed by atoms with Crippen LogP contribution >= 0.6 is 0 Å². The van der Waals surface area contributed by atoms with Crippen LogP contribution in [0.2, 0.25) is 0 Å². The monoisotopic (exact) mass is 703 g/mol. The normalized spacial score (nSPS) is 11.3. The number of rotatable bonds is 7. The fraction of sp³-hybridized carbons (Fsp3) is 0. The summed E-state index contributed by atoms with van der Waals surface area (Å²) in [4.78, 5) is 20.5. The molecule has 10 aromatic rings. The third kappa shape index (κ3) is 6.14. The lowest BCUT2D eigenvalue weighted by molar-refractivity contribution is 0.953. The summed E-state index contributed by atoms with van der Waals surface area (Å²) < 4.78 is 2.17. The van der Waals surface area contributed by atoms with Crippen molar-refractivity contribution in [3.05, 3.63) is 200 Å². The molecular formula is C50H33N5. The molecule has 0 radical (unpaired) electrons. The van der Waals surface area contributed by atoms with Crippen molar-refractivity contribution in [2.45, 2.75) is 0 Å². The Balaban J connectivity index is 1.23. The van der Waals surface area contributed by atoms with Crippen LogP contribution in [0.15, 0.2) is 200 Å². The first-order valence-corrected chi connectivity index (χ1v) is 18.4. The van der Waals surface area contributed by atoms with Crippen molar-refractivity contribution >= 4 is 21.8 Å². The highest BCUT2D eigenvalue weighted by Gasteiger charge is 2.20. The fourth-order valence-electron chi connectivity index (χ4n) is 7.34. The van der Waals surface area contributed by atoms with E-state index in [1.54, 1.807) is 0 Å². The van der Waals surface area contributed by atoms with Crippen molar-refractivity contribution in [2.75, 3.05) is 0 Å². The van der Waals surface area contributed by atoms with E-state index in [0.717, 1.165) is 77.7 Å². The molecule has 0 N–H and O–H groups in total. The quantitative estimate of drug-likeness (QED) is 0.166. The number of hydrogen-bond acceptors (Lipinski definition) is 4. The van der Waals surface area contributed by atoms with Crippen LogP contribution in [0.3, 0.4) is 0 Å². The van der Waals surface area contributed by atoms with Gasteiger partial charge in [0, 0.05) is 33.0 Å². The molecular weight excluding hydrogens is 671 g/mol. The Hall–Kier alpha value is -7.50. The first kappa shape index (κ1) is 32.2. The van der Waals surface area contributed by atoms with Crippen molar-refractivity contribution in [3.8, 4) is 73.5 Å². The minimum atomic E-state index is 0.559. The van der Waals surface area contributed by atoms with Crippen LogP contribution in [0, 0.1) is 0 Å². The van der Waals surface area contributed by atoms with Gasteiger partial charge in [-0.3, -0.25) is 4.57 Å². The van der Waals surface area contributed by atoms with E-state index in [1.165, 1.54) is 0 Å². The number of fused-ring (bicyclic) bond motifs is 3. The van der Waals surface area contributed by atoms with Gasteiger partial charge in [0.1, 0.15) is 0 Å². The van der Waals surface area contributed by atoms with Gasteiger partial charge in [-0.1, -0.05) is 164 Å². The Bertz CT molecular complexity index is 2830. The molecule has 7 aromatic carbocycles. The Kier molecular flexibility index (Phi) is 8.08. The maximum atomic E-state index is 5.27. The summed E-state index contributed by atoms with van der Waals surface area (Å²) in [6.45, 7) is 0. The van der Waals surface area contributed by atoms with Gasteiger partial charge in [0.15, 0.2) is 11.6 Å². The summed E-state index contributed by atoms with van der Waals surface area (Å²) in [5, 5.41) is 2.19. The lowest BCUT2D eigenvalue weighted by Crippen LogP contribution is -2.06. The first-order valence-electron chi connectivity index (χ1n) is 18.4. The molecule has 0 aliphatic heterocycles. The Morgan fingerprint density at radius 2 is 0.673 bits per heavy atom. The summed E-state index contributed by atoms with van der Waals surface area (Å²) in [6.07, 6.45) is 0. The van der Waals surface area contributed by atoms with E-state index in [4.69, 9.17) is 19.9 Å². The first-order chi connectivity index (χ1) is 27.2. The van der Waals surface area contributed by atoms with Crippen molar-refractivity contribution in [1.29, 1.82) is 0 Å². The molecule has 0 fully saturated rings. The SMILES string of the molecule is c1ccc(-c2cc(-c3ccccc3)nc(-c3ccc4c(c3)c3cc(-c5ccccc5)ccc3n4-c3nc(-c4ccccc4)nc(-c4ccccc4)n3)c2)cc1. The topological polar surface area (TPSA) is 56.5 Å². The molecule has 0 saturated heterocycles. The van der Waals surface area contributed by atoms with Crippen LogP contribution in [0.5, 0.6) is 0 Å². The highest BCUT2D eigenvalue weighted by Crippen LogP contribution is 2.38. The molecule has 3 aromatic heterocycles.